The van der Waals surface area contributed by atoms with E-state index in [0.717, 1.165) is 5.57 Å². The maximum absolute atomic E-state index is 11.1. The maximum Gasteiger partial charge on any atom is 0.274 e. The quantitative estimate of drug-likeness (QED) is 0.659. The summed E-state index contributed by atoms with van der Waals surface area (Å²) in [5.41, 5.74) is 0.859. The molecule has 4 heteroatoms. The molecule has 2 atom stereocenters. The third kappa shape index (κ3) is 1.69. The van der Waals surface area contributed by atoms with E-state index in [4.69, 9.17) is 4.55 Å². The minimum atomic E-state index is -4.04. The molecule has 0 spiro atoms. The highest BCUT2D eigenvalue weighted by Gasteiger charge is 2.41. The van der Waals surface area contributed by atoms with Gasteiger partial charge in [0.2, 0.25) is 0 Å². The van der Waals surface area contributed by atoms with Crippen molar-refractivity contribution in [3.05, 3.63) is 23.8 Å². The second-order valence-electron chi connectivity index (χ2n) is 3.70. The normalized spacial score (nSPS) is 34.5. The van der Waals surface area contributed by atoms with Gasteiger partial charge in [-0.25, -0.2) is 0 Å². The second kappa shape index (κ2) is 2.96. The predicted octanol–water partition coefficient (Wildman–Crippen LogP) is 1.79. The van der Waals surface area contributed by atoms with Crippen LogP contribution < -0.4 is 0 Å². The molecular weight excluding hydrogens is 188 g/mol. The van der Waals surface area contributed by atoms with Crippen molar-refractivity contribution in [3.63, 3.8) is 0 Å². The lowest BCUT2D eigenvalue weighted by Crippen LogP contribution is -2.40. The summed E-state index contributed by atoms with van der Waals surface area (Å²) in [6, 6.07) is 0. The molecule has 0 fully saturated rings. The molecule has 2 unspecified atom stereocenters. The third-order valence-corrected chi connectivity index (χ3v) is 4.22. The number of rotatable bonds is 1. The Morgan fingerprint density at radius 2 is 2.08 bits per heavy atom. The molecule has 0 aliphatic heterocycles. The van der Waals surface area contributed by atoms with Crippen LogP contribution in [0.4, 0.5) is 0 Å². The van der Waals surface area contributed by atoms with Crippen molar-refractivity contribution in [1.29, 1.82) is 0 Å². The van der Waals surface area contributed by atoms with Crippen molar-refractivity contribution in [2.45, 2.75) is 25.5 Å². The van der Waals surface area contributed by atoms with Crippen molar-refractivity contribution in [1.82, 2.24) is 0 Å². The Kier molecular flexibility index (Phi) is 2.38. The van der Waals surface area contributed by atoms with E-state index in [0.29, 0.717) is 0 Å². The van der Waals surface area contributed by atoms with E-state index < -0.39 is 14.9 Å². The summed E-state index contributed by atoms with van der Waals surface area (Å²) in [6.07, 6.45) is 5.24. The molecule has 0 amide bonds. The van der Waals surface area contributed by atoms with E-state index in [9.17, 15) is 8.42 Å². The van der Waals surface area contributed by atoms with Gasteiger partial charge in [0.05, 0.1) is 0 Å². The molecule has 1 rings (SSSR count). The Bertz CT molecular complexity index is 364. The van der Waals surface area contributed by atoms with Gasteiger partial charge in [0.1, 0.15) is 4.75 Å². The van der Waals surface area contributed by atoms with Gasteiger partial charge >= 0.3 is 0 Å². The van der Waals surface area contributed by atoms with Crippen molar-refractivity contribution >= 4 is 10.1 Å². The van der Waals surface area contributed by atoms with Crippen molar-refractivity contribution < 1.29 is 13.0 Å². The van der Waals surface area contributed by atoms with Gasteiger partial charge in [0.25, 0.3) is 10.1 Å². The number of hydrogen-bond donors (Lipinski definition) is 1. The summed E-state index contributed by atoms with van der Waals surface area (Å²) >= 11 is 0. The molecule has 0 radical (unpaired) electrons. The molecule has 1 aliphatic carbocycles. The largest absolute Gasteiger partial charge is 0.285 e. The summed E-state index contributed by atoms with van der Waals surface area (Å²) in [5.74, 6) is -0.203. The third-order valence-electron chi connectivity index (χ3n) is 2.62. The number of allylic oxidation sites excluding steroid dienone is 3. The van der Waals surface area contributed by atoms with Gasteiger partial charge < -0.3 is 0 Å². The molecule has 0 aromatic rings. The van der Waals surface area contributed by atoms with Gasteiger partial charge in [-0.3, -0.25) is 4.55 Å². The fourth-order valence-electron chi connectivity index (χ4n) is 1.43. The topological polar surface area (TPSA) is 54.4 Å². The van der Waals surface area contributed by atoms with Gasteiger partial charge in [-0.1, -0.05) is 30.7 Å². The SMILES string of the molecule is CC1=CC(C)(S(=O)(=O)O)C(C)C=C1. The Morgan fingerprint density at radius 3 is 2.46 bits per heavy atom. The predicted molar refractivity (Wildman–Crippen MR) is 52.0 cm³/mol. The molecule has 0 aromatic heterocycles. The molecule has 0 saturated heterocycles. The summed E-state index contributed by atoms with van der Waals surface area (Å²) in [6.45, 7) is 5.11. The lowest BCUT2D eigenvalue weighted by molar-refractivity contribution is 0.425. The first-order valence-electron chi connectivity index (χ1n) is 4.12. The van der Waals surface area contributed by atoms with Crippen LogP contribution in [-0.4, -0.2) is 17.7 Å². The van der Waals surface area contributed by atoms with Gasteiger partial charge in [-0.2, -0.15) is 8.42 Å². The minimum Gasteiger partial charge on any atom is -0.285 e. The van der Waals surface area contributed by atoms with Gasteiger partial charge in [0.15, 0.2) is 0 Å². The maximum atomic E-state index is 11.1. The average Bonchev–Trinajstić information content (AvgIpc) is 1.95. The minimum absolute atomic E-state index is 0.203. The fraction of sp³-hybridized carbons (Fsp3) is 0.556. The van der Waals surface area contributed by atoms with Crippen LogP contribution in [0.1, 0.15) is 20.8 Å². The van der Waals surface area contributed by atoms with Crippen molar-refractivity contribution in [2.24, 2.45) is 5.92 Å². The van der Waals surface area contributed by atoms with Crippen LogP contribution in [0.3, 0.4) is 0 Å². The first-order valence-corrected chi connectivity index (χ1v) is 5.56. The average molecular weight is 202 g/mol. The molecule has 74 valence electrons. The van der Waals surface area contributed by atoms with Gasteiger partial charge in [-0.05, 0) is 19.8 Å². The zero-order valence-corrected chi connectivity index (χ0v) is 8.80. The molecule has 0 saturated carbocycles. The molecule has 13 heavy (non-hydrogen) atoms. The zero-order valence-electron chi connectivity index (χ0n) is 7.98. The van der Waals surface area contributed by atoms with Gasteiger partial charge in [0, 0.05) is 0 Å². The zero-order chi connectivity index (χ0) is 10.3. The smallest absolute Gasteiger partial charge is 0.274 e. The van der Waals surface area contributed by atoms with Crippen LogP contribution in [0.15, 0.2) is 23.8 Å². The van der Waals surface area contributed by atoms with Crippen LogP contribution in [0.2, 0.25) is 0 Å². The first-order chi connectivity index (χ1) is 5.77. The van der Waals surface area contributed by atoms with E-state index in [-0.39, 0.29) is 5.92 Å². The highest BCUT2D eigenvalue weighted by Crippen LogP contribution is 2.33. The Balaban J connectivity index is 3.25. The first kappa shape index (κ1) is 10.5. The van der Waals surface area contributed by atoms with Crippen LogP contribution in [0.5, 0.6) is 0 Å². The van der Waals surface area contributed by atoms with E-state index in [1.54, 1.807) is 19.1 Å². The fourth-order valence-corrected chi connectivity index (χ4v) is 2.31. The Morgan fingerprint density at radius 1 is 1.54 bits per heavy atom. The van der Waals surface area contributed by atoms with Crippen molar-refractivity contribution in [3.8, 4) is 0 Å². The van der Waals surface area contributed by atoms with Crippen LogP contribution in [0, 0.1) is 5.92 Å². The standard InChI is InChI=1S/C9H14O3S/c1-7-4-5-8(2)9(3,6-7)13(10,11)12/h4-6,8H,1-3H3,(H,10,11,12). The van der Waals surface area contributed by atoms with E-state index in [2.05, 4.69) is 0 Å². The lowest BCUT2D eigenvalue weighted by atomic mass is 9.88. The molecule has 1 aliphatic rings. The lowest BCUT2D eigenvalue weighted by Gasteiger charge is -2.30. The van der Waals surface area contributed by atoms with Crippen LogP contribution >= 0.6 is 0 Å². The molecular formula is C9H14O3S. The highest BCUT2D eigenvalue weighted by molar-refractivity contribution is 7.87. The van der Waals surface area contributed by atoms with Crippen LogP contribution in [-0.2, 0) is 10.1 Å². The van der Waals surface area contributed by atoms with E-state index >= 15 is 0 Å². The van der Waals surface area contributed by atoms with E-state index in [1.807, 2.05) is 13.0 Å². The molecule has 3 nitrogen and oxygen atoms in total. The summed E-state index contributed by atoms with van der Waals surface area (Å²) in [7, 11) is -4.04. The summed E-state index contributed by atoms with van der Waals surface area (Å²) in [4.78, 5) is 0. The van der Waals surface area contributed by atoms with E-state index in [1.165, 1.54) is 6.92 Å². The summed E-state index contributed by atoms with van der Waals surface area (Å²) < 4.78 is 30.2. The second-order valence-corrected chi connectivity index (χ2v) is 5.52. The monoisotopic (exact) mass is 202 g/mol. The Labute approximate surface area is 78.9 Å². The molecule has 1 N–H and O–H groups in total. The highest BCUT2D eigenvalue weighted by atomic mass is 32.2. The Hall–Kier alpha value is -0.610. The molecule has 0 bridgehead atoms. The molecule has 0 heterocycles. The molecule has 0 aromatic carbocycles. The van der Waals surface area contributed by atoms with Crippen LogP contribution in [0.25, 0.3) is 0 Å². The number of hydrogen-bond acceptors (Lipinski definition) is 2. The van der Waals surface area contributed by atoms with Crippen molar-refractivity contribution in [2.75, 3.05) is 0 Å². The summed E-state index contributed by atoms with van der Waals surface area (Å²) in [5, 5.41) is 0. The van der Waals surface area contributed by atoms with Gasteiger partial charge in [-0.15, -0.1) is 0 Å².